The molecule has 0 radical (unpaired) electrons. The number of nitrogens with one attached hydrogen (secondary N) is 2. The summed E-state index contributed by atoms with van der Waals surface area (Å²) in [5.41, 5.74) is 0.815. The second-order valence-corrected chi connectivity index (χ2v) is 9.81. The van der Waals surface area contributed by atoms with Crippen molar-refractivity contribution in [2.45, 2.75) is 36.7 Å². The summed E-state index contributed by atoms with van der Waals surface area (Å²) in [5, 5.41) is 7.08. The number of fused-ring (bicyclic) bond motifs is 1. The number of para-hydroxylation sites is 1. The molecule has 7 nitrogen and oxygen atoms in total. The van der Waals surface area contributed by atoms with Crippen molar-refractivity contribution < 1.29 is 13.2 Å². The predicted octanol–water partition coefficient (Wildman–Crippen LogP) is 1.85. The first-order chi connectivity index (χ1) is 12.4. The number of nitrogens with zero attached hydrogens (tertiary/aromatic N) is 2. The zero-order chi connectivity index (χ0) is 18.7. The molecular weight excluding hydrogens is 372 g/mol. The summed E-state index contributed by atoms with van der Waals surface area (Å²) in [6.45, 7) is 4.50. The van der Waals surface area contributed by atoms with Crippen LogP contribution in [-0.4, -0.2) is 53.6 Å². The Morgan fingerprint density at radius 3 is 2.81 bits per heavy atom. The van der Waals surface area contributed by atoms with Crippen LogP contribution in [0.25, 0.3) is 10.9 Å². The summed E-state index contributed by atoms with van der Waals surface area (Å²) in [7, 11) is -3.02. The standard InChI is InChI=1S/C17H22N4O3S2/c1-3-18-15-13-6-4-5-7-14(13)20-17(21-15)25-11(2)16(22)19-12-8-9-26(23,24)10-12/h4-7,11-12H,3,8-10H2,1-2H3,(H,19,22)(H,18,20,21)/t11-,12+/m0/s1. The van der Waals surface area contributed by atoms with E-state index in [0.29, 0.717) is 11.6 Å². The fourth-order valence-corrected chi connectivity index (χ4v) is 5.31. The molecule has 2 N–H and O–H groups in total. The Labute approximate surface area is 157 Å². The Kier molecular flexibility index (Phi) is 5.67. The molecule has 0 saturated carbocycles. The molecule has 0 aliphatic carbocycles. The van der Waals surface area contributed by atoms with Gasteiger partial charge in [-0.2, -0.15) is 0 Å². The van der Waals surface area contributed by atoms with Gasteiger partial charge in [0.25, 0.3) is 0 Å². The number of amides is 1. The van der Waals surface area contributed by atoms with Gasteiger partial charge in [0, 0.05) is 18.0 Å². The van der Waals surface area contributed by atoms with Crippen LogP contribution in [0.5, 0.6) is 0 Å². The Bertz CT molecular complexity index is 917. The van der Waals surface area contributed by atoms with Gasteiger partial charge in [0.05, 0.1) is 22.3 Å². The molecule has 9 heteroatoms. The van der Waals surface area contributed by atoms with Crippen LogP contribution in [0.1, 0.15) is 20.3 Å². The lowest BCUT2D eigenvalue weighted by molar-refractivity contribution is -0.120. The lowest BCUT2D eigenvalue weighted by Gasteiger charge is -2.16. The summed E-state index contributed by atoms with van der Waals surface area (Å²) >= 11 is 1.27. The first-order valence-corrected chi connectivity index (χ1v) is 11.3. The zero-order valence-corrected chi connectivity index (χ0v) is 16.4. The lowest BCUT2D eigenvalue weighted by Crippen LogP contribution is -2.40. The fourth-order valence-electron chi connectivity index (χ4n) is 2.85. The highest BCUT2D eigenvalue weighted by molar-refractivity contribution is 8.00. The topological polar surface area (TPSA) is 101 Å². The normalized spacial score (nSPS) is 20.0. The Morgan fingerprint density at radius 2 is 2.12 bits per heavy atom. The molecule has 0 unspecified atom stereocenters. The molecule has 1 aliphatic rings. The second-order valence-electron chi connectivity index (χ2n) is 6.27. The SMILES string of the molecule is CCNc1nc(S[C@@H](C)C(=O)N[C@@H]2CCS(=O)(=O)C2)nc2ccccc12. The van der Waals surface area contributed by atoms with Gasteiger partial charge < -0.3 is 10.6 Å². The van der Waals surface area contributed by atoms with Gasteiger partial charge >= 0.3 is 0 Å². The Hall–Kier alpha value is -1.87. The van der Waals surface area contributed by atoms with Crippen molar-refractivity contribution in [1.29, 1.82) is 0 Å². The van der Waals surface area contributed by atoms with Gasteiger partial charge in [0.1, 0.15) is 5.82 Å². The molecule has 0 bridgehead atoms. The molecule has 2 atom stereocenters. The van der Waals surface area contributed by atoms with Gasteiger partial charge in [-0.3, -0.25) is 4.79 Å². The average Bonchev–Trinajstić information content (AvgIpc) is 2.93. The van der Waals surface area contributed by atoms with Crippen LogP contribution in [0.4, 0.5) is 5.82 Å². The van der Waals surface area contributed by atoms with Crippen molar-refractivity contribution in [2.75, 3.05) is 23.4 Å². The largest absolute Gasteiger partial charge is 0.370 e. The maximum atomic E-state index is 12.4. The van der Waals surface area contributed by atoms with Crippen LogP contribution in [0.3, 0.4) is 0 Å². The lowest BCUT2D eigenvalue weighted by atomic mass is 10.2. The highest BCUT2D eigenvalue weighted by Gasteiger charge is 2.30. The van der Waals surface area contributed by atoms with E-state index in [9.17, 15) is 13.2 Å². The van der Waals surface area contributed by atoms with Gasteiger partial charge in [0.15, 0.2) is 15.0 Å². The van der Waals surface area contributed by atoms with Gasteiger partial charge in [-0.25, -0.2) is 18.4 Å². The van der Waals surface area contributed by atoms with Crippen LogP contribution < -0.4 is 10.6 Å². The third-order valence-electron chi connectivity index (χ3n) is 4.16. The number of hydrogen-bond acceptors (Lipinski definition) is 7. The second kappa shape index (κ2) is 7.79. The van der Waals surface area contributed by atoms with Gasteiger partial charge in [0.2, 0.25) is 5.91 Å². The van der Waals surface area contributed by atoms with Crippen LogP contribution in [0, 0.1) is 0 Å². The van der Waals surface area contributed by atoms with E-state index in [1.54, 1.807) is 6.92 Å². The number of anilines is 1. The molecule has 2 heterocycles. The van der Waals surface area contributed by atoms with Crippen molar-refractivity contribution in [3.8, 4) is 0 Å². The van der Waals surface area contributed by atoms with E-state index in [-0.39, 0.29) is 23.5 Å². The van der Waals surface area contributed by atoms with E-state index >= 15 is 0 Å². The maximum absolute atomic E-state index is 12.4. The zero-order valence-electron chi connectivity index (χ0n) is 14.7. The van der Waals surface area contributed by atoms with Crippen LogP contribution in [0.15, 0.2) is 29.4 Å². The van der Waals surface area contributed by atoms with Crippen molar-refractivity contribution in [3.63, 3.8) is 0 Å². The summed E-state index contributed by atoms with van der Waals surface area (Å²) in [6.07, 6.45) is 0.475. The molecular formula is C17H22N4O3S2. The Morgan fingerprint density at radius 1 is 1.35 bits per heavy atom. The average molecular weight is 395 g/mol. The molecule has 1 saturated heterocycles. The molecule has 0 spiro atoms. The number of benzene rings is 1. The number of carbonyl (C=O) groups excluding carboxylic acids is 1. The summed E-state index contributed by atoms with van der Waals surface area (Å²) in [4.78, 5) is 21.5. The molecule has 3 rings (SSSR count). The van der Waals surface area contributed by atoms with Gasteiger partial charge in [-0.05, 0) is 32.4 Å². The molecule has 1 aliphatic heterocycles. The maximum Gasteiger partial charge on any atom is 0.233 e. The molecule has 2 aromatic rings. The first kappa shape index (κ1) is 18.9. The van der Waals surface area contributed by atoms with E-state index in [0.717, 1.165) is 23.3 Å². The minimum atomic E-state index is -3.02. The highest BCUT2D eigenvalue weighted by atomic mass is 32.2. The first-order valence-electron chi connectivity index (χ1n) is 8.56. The van der Waals surface area contributed by atoms with E-state index in [4.69, 9.17) is 0 Å². The molecule has 1 aromatic heterocycles. The van der Waals surface area contributed by atoms with Gasteiger partial charge in [-0.15, -0.1) is 0 Å². The number of sulfone groups is 1. The van der Waals surface area contributed by atoms with E-state index in [2.05, 4.69) is 20.6 Å². The van der Waals surface area contributed by atoms with Gasteiger partial charge in [-0.1, -0.05) is 23.9 Å². The third kappa shape index (κ3) is 4.45. The van der Waals surface area contributed by atoms with Crippen molar-refractivity contribution >= 4 is 44.2 Å². The number of thioether (sulfide) groups is 1. The summed E-state index contributed by atoms with van der Waals surface area (Å²) < 4.78 is 23.0. The van der Waals surface area contributed by atoms with E-state index < -0.39 is 15.1 Å². The third-order valence-corrected chi connectivity index (χ3v) is 6.89. The quantitative estimate of drug-likeness (QED) is 0.569. The highest BCUT2D eigenvalue weighted by Crippen LogP contribution is 2.27. The predicted molar refractivity (Wildman–Crippen MR) is 104 cm³/mol. The molecule has 26 heavy (non-hydrogen) atoms. The number of rotatable bonds is 6. The number of aromatic nitrogens is 2. The van der Waals surface area contributed by atoms with Crippen molar-refractivity contribution in [3.05, 3.63) is 24.3 Å². The number of carbonyl (C=O) groups is 1. The molecule has 1 aromatic carbocycles. The number of hydrogen-bond donors (Lipinski definition) is 2. The smallest absolute Gasteiger partial charge is 0.233 e. The molecule has 140 valence electrons. The van der Waals surface area contributed by atoms with E-state index in [1.165, 1.54) is 11.8 Å². The summed E-state index contributed by atoms with van der Waals surface area (Å²) in [6, 6.07) is 7.42. The minimum absolute atomic E-state index is 0.0210. The Balaban J connectivity index is 1.72. The van der Waals surface area contributed by atoms with Crippen molar-refractivity contribution in [1.82, 2.24) is 15.3 Å². The minimum Gasteiger partial charge on any atom is -0.370 e. The van der Waals surface area contributed by atoms with Crippen molar-refractivity contribution in [2.24, 2.45) is 0 Å². The van der Waals surface area contributed by atoms with Crippen LogP contribution >= 0.6 is 11.8 Å². The monoisotopic (exact) mass is 394 g/mol. The van der Waals surface area contributed by atoms with Crippen LogP contribution in [0.2, 0.25) is 0 Å². The fraction of sp³-hybridized carbons (Fsp3) is 0.471. The molecule has 1 amide bonds. The summed E-state index contributed by atoms with van der Waals surface area (Å²) in [5.74, 6) is 0.709. The van der Waals surface area contributed by atoms with Crippen LogP contribution in [-0.2, 0) is 14.6 Å². The molecule has 1 fully saturated rings. The van der Waals surface area contributed by atoms with E-state index in [1.807, 2.05) is 31.2 Å².